The molecule has 0 amide bonds. The van der Waals surface area contributed by atoms with E-state index in [4.69, 9.17) is 4.74 Å². The zero-order chi connectivity index (χ0) is 14.0. The van der Waals surface area contributed by atoms with Crippen LogP contribution < -0.4 is 10.2 Å². The van der Waals surface area contributed by atoms with Crippen molar-refractivity contribution < 1.29 is 9.66 Å². The van der Waals surface area contributed by atoms with Crippen molar-refractivity contribution in [3.05, 3.63) is 22.2 Å². The van der Waals surface area contributed by atoms with E-state index in [1.165, 1.54) is 6.07 Å². The van der Waals surface area contributed by atoms with Crippen molar-refractivity contribution >= 4 is 17.3 Å². The molecular formula is C12H18N4O3. The Labute approximate surface area is 111 Å². The van der Waals surface area contributed by atoms with Crippen LogP contribution in [0.2, 0.25) is 0 Å². The minimum atomic E-state index is -0.404. The summed E-state index contributed by atoms with van der Waals surface area (Å²) in [5.74, 6) is 0.984. The van der Waals surface area contributed by atoms with Crippen LogP contribution in [0.4, 0.5) is 17.3 Å². The molecular weight excluding hydrogens is 248 g/mol. The van der Waals surface area contributed by atoms with E-state index in [0.29, 0.717) is 18.2 Å². The van der Waals surface area contributed by atoms with Gasteiger partial charge < -0.3 is 15.0 Å². The molecule has 2 atom stereocenters. The van der Waals surface area contributed by atoms with Gasteiger partial charge in [-0.1, -0.05) is 0 Å². The quantitative estimate of drug-likeness (QED) is 0.659. The lowest BCUT2D eigenvalue weighted by Crippen LogP contribution is -2.37. The van der Waals surface area contributed by atoms with E-state index in [-0.39, 0.29) is 17.8 Å². The number of nitrogens with zero attached hydrogens (tertiary/aromatic N) is 3. The predicted molar refractivity (Wildman–Crippen MR) is 72.7 cm³/mol. The third-order valence-electron chi connectivity index (χ3n) is 3.48. The zero-order valence-electron chi connectivity index (χ0n) is 11.3. The molecule has 1 aliphatic rings. The van der Waals surface area contributed by atoms with Gasteiger partial charge in [-0.15, -0.1) is 0 Å². The number of ether oxygens (including phenoxy) is 1. The zero-order valence-corrected chi connectivity index (χ0v) is 11.3. The SMILES string of the molecule is CNc1ccc([N+](=O)[O-])c(N(C)C2CCOC2C)n1. The van der Waals surface area contributed by atoms with Gasteiger partial charge in [-0.3, -0.25) is 10.1 Å². The van der Waals surface area contributed by atoms with Crippen molar-refractivity contribution in [1.29, 1.82) is 0 Å². The first-order valence-electron chi connectivity index (χ1n) is 6.22. The number of likely N-dealkylation sites (N-methyl/N-ethyl adjacent to an activating group) is 1. The van der Waals surface area contributed by atoms with Gasteiger partial charge in [-0.05, 0) is 19.4 Å². The molecule has 19 heavy (non-hydrogen) atoms. The van der Waals surface area contributed by atoms with Crippen molar-refractivity contribution in [1.82, 2.24) is 4.98 Å². The second-order valence-corrected chi connectivity index (χ2v) is 4.59. The molecule has 2 unspecified atom stereocenters. The van der Waals surface area contributed by atoms with Crippen molar-refractivity contribution in [2.75, 3.05) is 30.9 Å². The number of rotatable bonds is 4. The van der Waals surface area contributed by atoms with Crippen LogP contribution in [0.25, 0.3) is 0 Å². The summed E-state index contributed by atoms with van der Waals surface area (Å²) in [6.07, 6.45) is 0.893. The van der Waals surface area contributed by atoms with Gasteiger partial charge in [0.15, 0.2) is 0 Å². The molecule has 7 nitrogen and oxygen atoms in total. The van der Waals surface area contributed by atoms with E-state index in [2.05, 4.69) is 10.3 Å². The molecule has 1 aromatic heterocycles. The van der Waals surface area contributed by atoms with Gasteiger partial charge in [0, 0.05) is 26.8 Å². The van der Waals surface area contributed by atoms with Crippen LogP contribution in [-0.4, -0.2) is 42.8 Å². The van der Waals surface area contributed by atoms with E-state index in [1.54, 1.807) is 13.1 Å². The summed E-state index contributed by atoms with van der Waals surface area (Å²) in [5, 5.41) is 14.0. The average molecular weight is 266 g/mol. The molecule has 1 aliphatic heterocycles. The summed E-state index contributed by atoms with van der Waals surface area (Å²) in [5.41, 5.74) is 0.0144. The van der Waals surface area contributed by atoms with Crippen molar-refractivity contribution in [3.63, 3.8) is 0 Å². The molecule has 1 N–H and O–H groups in total. The Balaban J connectivity index is 2.37. The maximum absolute atomic E-state index is 11.1. The van der Waals surface area contributed by atoms with E-state index in [1.807, 2.05) is 18.9 Å². The first-order valence-corrected chi connectivity index (χ1v) is 6.22. The lowest BCUT2D eigenvalue weighted by molar-refractivity contribution is -0.384. The first kappa shape index (κ1) is 13.5. The van der Waals surface area contributed by atoms with E-state index in [9.17, 15) is 10.1 Å². The van der Waals surface area contributed by atoms with Gasteiger partial charge in [-0.2, -0.15) is 0 Å². The Kier molecular flexibility index (Phi) is 3.84. The van der Waals surface area contributed by atoms with Crippen LogP contribution in [0.1, 0.15) is 13.3 Å². The highest BCUT2D eigenvalue weighted by atomic mass is 16.6. The number of hydrogen-bond donors (Lipinski definition) is 1. The lowest BCUT2D eigenvalue weighted by atomic mass is 10.1. The topological polar surface area (TPSA) is 80.5 Å². The summed E-state index contributed by atoms with van der Waals surface area (Å²) >= 11 is 0. The number of nitro groups is 1. The lowest BCUT2D eigenvalue weighted by Gasteiger charge is -2.27. The van der Waals surface area contributed by atoms with E-state index < -0.39 is 4.92 Å². The molecule has 0 aliphatic carbocycles. The second-order valence-electron chi connectivity index (χ2n) is 4.59. The van der Waals surface area contributed by atoms with Gasteiger partial charge in [0.25, 0.3) is 0 Å². The minimum absolute atomic E-state index is 0.0144. The summed E-state index contributed by atoms with van der Waals surface area (Å²) < 4.78 is 5.51. The summed E-state index contributed by atoms with van der Waals surface area (Å²) in [7, 11) is 3.56. The van der Waals surface area contributed by atoms with E-state index >= 15 is 0 Å². The molecule has 7 heteroatoms. The van der Waals surface area contributed by atoms with E-state index in [0.717, 1.165) is 6.42 Å². The molecule has 0 bridgehead atoms. The summed E-state index contributed by atoms with van der Waals surface area (Å²) in [4.78, 5) is 16.9. The van der Waals surface area contributed by atoms with Crippen LogP contribution in [-0.2, 0) is 4.74 Å². The predicted octanol–water partition coefficient (Wildman–Crippen LogP) is 1.65. The van der Waals surface area contributed by atoms with Crippen molar-refractivity contribution in [2.24, 2.45) is 0 Å². The molecule has 0 spiro atoms. The number of anilines is 2. The van der Waals surface area contributed by atoms with Crippen LogP contribution in [0.3, 0.4) is 0 Å². The maximum Gasteiger partial charge on any atom is 0.311 e. The maximum atomic E-state index is 11.1. The Morgan fingerprint density at radius 2 is 2.32 bits per heavy atom. The first-order chi connectivity index (χ1) is 9.04. The Morgan fingerprint density at radius 1 is 1.58 bits per heavy atom. The molecule has 1 aromatic rings. The summed E-state index contributed by atoms with van der Waals surface area (Å²) in [6.45, 7) is 2.65. The Hall–Kier alpha value is -1.89. The fraction of sp³-hybridized carbons (Fsp3) is 0.583. The van der Waals surface area contributed by atoms with Gasteiger partial charge in [0.1, 0.15) is 5.82 Å². The van der Waals surface area contributed by atoms with Crippen molar-refractivity contribution in [3.8, 4) is 0 Å². The van der Waals surface area contributed by atoms with Gasteiger partial charge in [-0.25, -0.2) is 4.98 Å². The molecule has 1 saturated heterocycles. The highest BCUT2D eigenvalue weighted by Crippen LogP contribution is 2.31. The number of aromatic nitrogens is 1. The Morgan fingerprint density at radius 3 is 2.84 bits per heavy atom. The monoisotopic (exact) mass is 266 g/mol. The smallest absolute Gasteiger partial charge is 0.311 e. The second kappa shape index (κ2) is 5.40. The van der Waals surface area contributed by atoms with Gasteiger partial charge in [0.05, 0.1) is 17.1 Å². The molecule has 0 radical (unpaired) electrons. The van der Waals surface area contributed by atoms with Crippen molar-refractivity contribution in [2.45, 2.75) is 25.5 Å². The number of hydrogen-bond acceptors (Lipinski definition) is 6. The third-order valence-corrected chi connectivity index (χ3v) is 3.48. The highest BCUT2D eigenvalue weighted by Gasteiger charge is 2.32. The van der Waals surface area contributed by atoms with Crippen LogP contribution in [0, 0.1) is 10.1 Å². The number of pyridine rings is 1. The minimum Gasteiger partial charge on any atom is -0.376 e. The molecule has 1 fully saturated rings. The normalized spacial score (nSPS) is 22.3. The Bertz CT molecular complexity index is 480. The third kappa shape index (κ3) is 2.60. The molecule has 0 aromatic carbocycles. The number of nitrogens with one attached hydrogen (secondary N) is 1. The molecule has 2 rings (SSSR count). The standard InChI is InChI=1S/C12H18N4O3/c1-8-9(6-7-19-8)15(3)12-10(16(17)18)4-5-11(13-2)14-12/h4-5,8-9H,6-7H2,1-3H3,(H,13,14). The largest absolute Gasteiger partial charge is 0.376 e. The average Bonchev–Trinajstić information content (AvgIpc) is 2.83. The van der Waals surface area contributed by atoms with Gasteiger partial charge >= 0.3 is 5.69 Å². The van der Waals surface area contributed by atoms with Crippen LogP contribution in [0.15, 0.2) is 12.1 Å². The van der Waals surface area contributed by atoms with Crippen LogP contribution >= 0.6 is 0 Å². The highest BCUT2D eigenvalue weighted by molar-refractivity contribution is 5.62. The van der Waals surface area contributed by atoms with Crippen LogP contribution in [0.5, 0.6) is 0 Å². The fourth-order valence-electron chi connectivity index (χ4n) is 2.37. The molecule has 104 valence electrons. The molecule has 2 heterocycles. The fourth-order valence-corrected chi connectivity index (χ4v) is 2.37. The summed E-state index contributed by atoms with van der Waals surface area (Å²) in [6, 6.07) is 3.19. The van der Waals surface area contributed by atoms with Gasteiger partial charge in [0.2, 0.25) is 5.82 Å². The molecule has 0 saturated carbocycles.